The Morgan fingerprint density at radius 1 is 0.629 bits per heavy atom. The van der Waals surface area contributed by atoms with Crippen LogP contribution in [0.4, 0.5) is 0 Å². The SMILES string of the molecule is CCCCC(CC)CC(CC(CC)CCCC)(C(=O)[O-])C(C(=O)[O-])S(=O)(=O)O.COc1ccc2c(c1)CCc1cc3cc(C)ccc3[o+]c1-2.COc1ccc2c(c1)CCc1cc3cc(C)ccc3[o+]c1-2. The molecule has 0 spiro atoms. The number of fused-ring (bicyclic) bond motifs is 8. The Hall–Kier alpha value is -5.85. The van der Waals surface area contributed by atoms with Crippen LogP contribution < -0.4 is 19.7 Å². The number of rotatable bonds is 18. The van der Waals surface area contributed by atoms with E-state index in [0.29, 0.717) is 25.7 Å². The van der Waals surface area contributed by atoms with E-state index in [9.17, 15) is 32.8 Å². The first-order chi connectivity index (χ1) is 33.5. The minimum atomic E-state index is -5.20. The van der Waals surface area contributed by atoms with Gasteiger partial charge in [0.25, 0.3) is 10.1 Å². The standard InChI is InChI=1S/C20H38O7S.2C19H17O2/c1-5-9-11-15(7-3)13-20(19(23)24,14-16(8-4)12-10-6-2)17(18(21)22)28(25,26)27;2*1-12-3-8-18-15(9-12)10-14-5-4-13-11-16(20-2)6-7-17(13)19(14)21-18/h15-17H,5-14H2,1-4H3,(H,21,22)(H,23,24)(H,25,26,27);2*3,6-11H,4-5H2,1-2H3/q;2*+1/p-2. The van der Waals surface area contributed by atoms with Crippen molar-refractivity contribution < 1.29 is 51.1 Å². The fraction of sp³-hybridized carbons (Fsp3) is 0.448. The molecule has 70 heavy (non-hydrogen) atoms. The second-order valence-corrected chi connectivity index (χ2v) is 20.7. The summed E-state index contributed by atoms with van der Waals surface area (Å²) in [5.41, 5.74) is 9.78. The summed E-state index contributed by atoms with van der Waals surface area (Å²) in [4.78, 5) is 24.0. The summed E-state index contributed by atoms with van der Waals surface area (Å²) in [6.45, 7) is 11.9. The maximum absolute atomic E-state index is 12.3. The normalized spacial score (nSPS) is 14.7. The molecule has 4 aromatic carbocycles. The predicted molar refractivity (Wildman–Crippen MR) is 273 cm³/mol. The fourth-order valence-corrected chi connectivity index (χ4v) is 11.4. The quantitative estimate of drug-likeness (QED) is 0.0641. The van der Waals surface area contributed by atoms with Gasteiger partial charge < -0.3 is 29.3 Å². The molecule has 0 radical (unpaired) electrons. The number of benzene rings is 4. The van der Waals surface area contributed by atoms with Crippen LogP contribution in [0, 0.1) is 31.1 Å². The van der Waals surface area contributed by atoms with Crippen LogP contribution in [-0.2, 0) is 45.4 Å². The summed E-state index contributed by atoms with van der Waals surface area (Å²) >= 11 is 0. The minimum absolute atomic E-state index is 0.174. The maximum atomic E-state index is 12.3. The lowest BCUT2D eigenvalue weighted by molar-refractivity contribution is -0.329. The summed E-state index contributed by atoms with van der Waals surface area (Å²) in [5, 5.41) is 23.8. The topological polar surface area (TPSA) is 176 Å². The number of carbonyl (C=O) groups excluding carboxylic acids is 2. The molecule has 8 rings (SSSR count). The van der Waals surface area contributed by atoms with Crippen LogP contribution in [0.25, 0.3) is 44.6 Å². The van der Waals surface area contributed by atoms with Gasteiger partial charge >= 0.3 is 22.7 Å². The first kappa shape index (κ1) is 53.5. The van der Waals surface area contributed by atoms with E-state index in [1.165, 1.54) is 55.3 Å². The number of hydrogen-bond donors (Lipinski definition) is 1. The Kier molecular flexibility index (Phi) is 18.2. The Labute approximate surface area is 414 Å². The maximum Gasteiger partial charge on any atom is 0.364 e. The van der Waals surface area contributed by atoms with Crippen molar-refractivity contribution in [3.63, 3.8) is 0 Å². The highest BCUT2D eigenvalue weighted by molar-refractivity contribution is 7.87. The zero-order valence-electron chi connectivity index (χ0n) is 42.2. The smallest absolute Gasteiger partial charge is 0.364 e. The molecule has 3 unspecified atom stereocenters. The molecule has 0 saturated carbocycles. The van der Waals surface area contributed by atoms with Gasteiger partial charge in [0.1, 0.15) is 16.7 Å². The van der Waals surface area contributed by atoms with Crippen LogP contribution in [0.2, 0.25) is 0 Å². The second kappa shape index (κ2) is 23.8. The van der Waals surface area contributed by atoms with E-state index in [-0.39, 0.29) is 24.7 Å². The molecule has 0 fully saturated rings. The van der Waals surface area contributed by atoms with Crippen LogP contribution >= 0.6 is 0 Å². The van der Waals surface area contributed by atoms with Gasteiger partial charge in [0.2, 0.25) is 0 Å². The van der Waals surface area contributed by atoms with Crippen LogP contribution in [0.1, 0.15) is 125 Å². The molecule has 2 aromatic heterocycles. The van der Waals surface area contributed by atoms with Crippen molar-refractivity contribution in [1.29, 1.82) is 0 Å². The molecule has 1 N–H and O–H groups in total. The molecule has 12 heteroatoms. The number of aryl methyl sites for hydroxylation is 6. The highest BCUT2D eigenvalue weighted by atomic mass is 32.2. The number of carboxylic acid groups (broad SMARTS) is 2. The zero-order chi connectivity index (χ0) is 50.8. The third-order valence-corrected chi connectivity index (χ3v) is 15.5. The Morgan fingerprint density at radius 3 is 1.39 bits per heavy atom. The first-order valence-electron chi connectivity index (χ1n) is 24.9. The van der Waals surface area contributed by atoms with Gasteiger partial charge in [-0.2, -0.15) is 8.42 Å². The molecule has 0 bridgehead atoms. The Bertz CT molecular complexity index is 2740. The molecular weight excluding hydrogens is 905 g/mol. The number of ether oxygens (including phenoxy) is 2. The zero-order valence-corrected chi connectivity index (χ0v) is 43.0. The Morgan fingerprint density at radius 2 is 1.04 bits per heavy atom. The molecule has 0 saturated heterocycles. The van der Waals surface area contributed by atoms with Crippen LogP contribution in [-0.4, -0.2) is 44.4 Å². The highest BCUT2D eigenvalue weighted by Crippen LogP contribution is 2.44. The molecule has 3 atom stereocenters. The van der Waals surface area contributed by atoms with Crippen LogP contribution in [0.3, 0.4) is 0 Å². The highest BCUT2D eigenvalue weighted by Gasteiger charge is 2.50. The van der Waals surface area contributed by atoms with Crippen LogP contribution in [0.15, 0.2) is 93.8 Å². The summed E-state index contributed by atoms with van der Waals surface area (Å²) in [6, 6.07) is 29.7. The molecule has 11 nitrogen and oxygen atoms in total. The van der Waals surface area contributed by atoms with E-state index in [1.807, 2.05) is 39.8 Å². The fourth-order valence-electron chi connectivity index (χ4n) is 10.3. The number of carboxylic acids is 2. The lowest BCUT2D eigenvalue weighted by Gasteiger charge is -2.44. The van der Waals surface area contributed by atoms with Gasteiger partial charge in [-0.3, -0.25) is 4.55 Å². The molecule has 0 amide bonds. The number of methoxy groups -OCH3 is 2. The third-order valence-electron chi connectivity index (χ3n) is 14.3. The van der Waals surface area contributed by atoms with E-state index >= 15 is 0 Å². The second-order valence-electron chi connectivity index (χ2n) is 19.2. The van der Waals surface area contributed by atoms with Gasteiger partial charge in [0, 0.05) is 23.5 Å². The van der Waals surface area contributed by atoms with E-state index in [0.717, 1.165) is 85.6 Å². The van der Waals surface area contributed by atoms with Crippen LogP contribution in [0.5, 0.6) is 11.5 Å². The summed E-state index contributed by atoms with van der Waals surface area (Å²) in [7, 11) is -1.78. The van der Waals surface area contributed by atoms with E-state index in [2.05, 4.69) is 86.6 Å². The van der Waals surface area contributed by atoms with E-state index in [1.54, 1.807) is 14.2 Å². The largest absolute Gasteiger partial charge is 0.549 e. The van der Waals surface area contributed by atoms with E-state index in [4.69, 9.17) is 18.3 Å². The Balaban J connectivity index is 0.000000174. The van der Waals surface area contributed by atoms with Gasteiger partial charge in [-0.25, -0.2) is 8.83 Å². The molecule has 0 aliphatic heterocycles. The molecule has 2 aliphatic rings. The lowest BCUT2D eigenvalue weighted by Crippen LogP contribution is -2.60. The lowest BCUT2D eigenvalue weighted by atomic mass is 9.68. The molecule has 2 heterocycles. The summed E-state index contributed by atoms with van der Waals surface area (Å²) < 4.78 is 56.5. The van der Waals surface area contributed by atoms with Gasteiger partial charge in [-0.05, 0) is 159 Å². The molecule has 2 aliphatic carbocycles. The van der Waals surface area contributed by atoms with Gasteiger partial charge in [0.05, 0.1) is 53.2 Å². The molecule has 6 aromatic rings. The average molecular weight is 975 g/mol. The number of carbonyl (C=O) groups is 2. The number of unbranched alkanes of at least 4 members (excludes halogenated alkanes) is 2. The van der Waals surface area contributed by atoms with E-state index < -0.39 is 32.7 Å². The number of hydrogen-bond acceptors (Lipinski definition) is 8. The van der Waals surface area contributed by atoms with Crippen molar-refractivity contribution in [2.45, 2.75) is 137 Å². The number of aliphatic carboxylic acids is 2. The molecular formula is C58H70O11S. The third kappa shape index (κ3) is 12.5. The van der Waals surface area contributed by atoms with Gasteiger partial charge in [-0.1, -0.05) is 79.1 Å². The predicted octanol–water partition coefficient (Wildman–Crippen LogP) is 11.5. The molecule has 374 valence electrons. The van der Waals surface area contributed by atoms with Gasteiger partial charge in [0.15, 0.2) is 0 Å². The van der Waals surface area contributed by atoms with Gasteiger partial charge in [-0.15, -0.1) is 0 Å². The van der Waals surface area contributed by atoms with Crippen molar-refractivity contribution in [3.05, 3.63) is 118 Å². The van der Waals surface area contributed by atoms with Crippen molar-refractivity contribution in [1.82, 2.24) is 0 Å². The first-order valence-corrected chi connectivity index (χ1v) is 26.4. The van der Waals surface area contributed by atoms with Crippen molar-refractivity contribution >= 4 is 44.0 Å². The summed E-state index contributed by atoms with van der Waals surface area (Å²) in [5.74, 6) is -0.380. The van der Waals surface area contributed by atoms with Crippen molar-refractivity contribution in [2.75, 3.05) is 14.2 Å². The van der Waals surface area contributed by atoms with Crippen molar-refractivity contribution in [3.8, 4) is 34.1 Å². The monoisotopic (exact) mass is 974 g/mol. The average Bonchev–Trinajstić information content (AvgIpc) is 3.34. The van der Waals surface area contributed by atoms with Crippen molar-refractivity contribution in [2.24, 2.45) is 17.3 Å². The summed E-state index contributed by atoms with van der Waals surface area (Å²) in [6.07, 6.45) is 9.60. The minimum Gasteiger partial charge on any atom is -0.549 e.